The molecule has 1 aromatic carbocycles. The van der Waals surface area contributed by atoms with Crippen molar-refractivity contribution in [2.24, 2.45) is 5.92 Å². The van der Waals surface area contributed by atoms with Gasteiger partial charge in [-0.25, -0.2) is 4.98 Å². The minimum Gasteiger partial charge on any atom is -0.617 e. The van der Waals surface area contributed by atoms with Gasteiger partial charge in [0.05, 0.1) is 6.26 Å². The van der Waals surface area contributed by atoms with Crippen molar-refractivity contribution in [3.63, 3.8) is 0 Å². The van der Waals surface area contributed by atoms with E-state index in [2.05, 4.69) is 35.9 Å². The first-order valence-electron chi connectivity index (χ1n) is 7.59. The maximum Gasteiger partial charge on any atom is 0.129 e. The van der Waals surface area contributed by atoms with Crippen LogP contribution < -0.4 is 4.90 Å². The Balaban J connectivity index is 1.94. The van der Waals surface area contributed by atoms with Crippen LogP contribution in [0.2, 0.25) is 5.15 Å². The average Bonchev–Trinajstić information content (AvgIpc) is 2.40. The summed E-state index contributed by atoms with van der Waals surface area (Å²) < 4.78 is 11.3. The van der Waals surface area contributed by atoms with Gasteiger partial charge in [-0.15, -0.1) is 0 Å². The molecule has 0 saturated carbocycles. The molecule has 0 spiro atoms. The summed E-state index contributed by atoms with van der Waals surface area (Å²) in [5.74, 6) is 1.77. The summed E-state index contributed by atoms with van der Waals surface area (Å²) in [6.45, 7) is 6.33. The molecular formula is C17H21ClN2OS. The summed E-state index contributed by atoms with van der Waals surface area (Å²) >= 11 is 5.38. The second kappa shape index (κ2) is 6.26. The summed E-state index contributed by atoms with van der Waals surface area (Å²) in [6.07, 6.45) is 3.66. The summed E-state index contributed by atoms with van der Waals surface area (Å²) in [6, 6.07) is 6.35. The number of benzene rings is 1. The molecule has 1 aliphatic heterocycles. The minimum atomic E-state index is -0.712. The van der Waals surface area contributed by atoms with Crippen LogP contribution in [-0.2, 0) is 11.2 Å². The first-order valence-corrected chi connectivity index (χ1v) is 9.69. The van der Waals surface area contributed by atoms with Gasteiger partial charge in [-0.1, -0.05) is 42.7 Å². The molecule has 0 bridgehead atoms. The summed E-state index contributed by atoms with van der Waals surface area (Å²) in [5, 5.41) is 2.89. The Morgan fingerprint density at radius 1 is 1.36 bits per heavy atom. The van der Waals surface area contributed by atoms with Gasteiger partial charge in [0.15, 0.2) is 0 Å². The number of nitrogens with zero attached hydrogens (tertiary/aromatic N) is 2. The van der Waals surface area contributed by atoms with Crippen LogP contribution >= 0.6 is 11.6 Å². The van der Waals surface area contributed by atoms with Gasteiger partial charge in [-0.2, -0.15) is 0 Å². The van der Waals surface area contributed by atoms with Gasteiger partial charge in [0.2, 0.25) is 0 Å². The molecule has 22 heavy (non-hydrogen) atoms. The molecule has 3 nitrogen and oxygen atoms in total. The van der Waals surface area contributed by atoms with Crippen LogP contribution in [0.4, 0.5) is 5.69 Å². The Morgan fingerprint density at radius 2 is 2.09 bits per heavy atom. The predicted molar refractivity (Wildman–Crippen MR) is 95.5 cm³/mol. The molecule has 3 rings (SSSR count). The number of rotatable bonds is 4. The van der Waals surface area contributed by atoms with Gasteiger partial charge in [0, 0.05) is 36.3 Å². The second-order valence-corrected chi connectivity index (χ2v) is 8.26. The van der Waals surface area contributed by atoms with Crippen molar-refractivity contribution in [3.8, 4) is 0 Å². The number of pyridine rings is 1. The zero-order chi connectivity index (χ0) is 15.9. The summed E-state index contributed by atoms with van der Waals surface area (Å²) in [7, 11) is 0. The van der Waals surface area contributed by atoms with Gasteiger partial charge < -0.3 is 9.45 Å². The summed E-state index contributed by atoms with van der Waals surface area (Å²) in [5.41, 5.74) is 2.51. The first kappa shape index (κ1) is 15.9. The molecule has 1 saturated heterocycles. The van der Waals surface area contributed by atoms with Crippen molar-refractivity contribution in [3.05, 3.63) is 35.1 Å². The molecule has 0 radical (unpaired) electrons. The quantitative estimate of drug-likeness (QED) is 0.629. The Bertz CT molecular complexity index is 684. The lowest BCUT2D eigenvalue weighted by Gasteiger charge is -2.41. The van der Waals surface area contributed by atoms with E-state index in [1.54, 1.807) is 6.26 Å². The smallest absolute Gasteiger partial charge is 0.129 e. The van der Waals surface area contributed by atoms with Gasteiger partial charge in [0.1, 0.15) is 10.9 Å². The second-order valence-electron chi connectivity index (χ2n) is 6.39. The Morgan fingerprint density at radius 3 is 2.73 bits per heavy atom. The number of anilines is 1. The third-order valence-electron chi connectivity index (χ3n) is 4.27. The molecule has 5 heteroatoms. The molecule has 2 heterocycles. The normalized spacial score (nSPS) is 17.1. The van der Waals surface area contributed by atoms with Crippen LogP contribution in [0, 0.1) is 5.92 Å². The molecule has 1 unspecified atom stereocenters. The lowest BCUT2D eigenvalue weighted by atomic mass is 9.94. The van der Waals surface area contributed by atoms with Crippen LogP contribution in [0.5, 0.6) is 0 Å². The zero-order valence-corrected chi connectivity index (χ0v) is 14.7. The van der Waals surface area contributed by atoms with Crippen LogP contribution in [0.15, 0.2) is 24.4 Å². The predicted octanol–water partition coefficient (Wildman–Crippen LogP) is 3.83. The molecule has 118 valence electrons. The lowest BCUT2D eigenvalue weighted by molar-refractivity contribution is 0.445. The number of aromatic nitrogens is 1. The first-order chi connectivity index (χ1) is 10.5. The third-order valence-corrected chi connectivity index (χ3v) is 5.42. The molecular weight excluding hydrogens is 316 g/mol. The van der Waals surface area contributed by atoms with E-state index in [4.69, 9.17) is 11.6 Å². The Labute approximate surface area is 139 Å². The van der Waals surface area contributed by atoms with Crippen LogP contribution in [0.25, 0.3) is 10.8 Å². The van der Waals surface area contributed by atoms with Crippen molar-refractivity contribution in [1.82, 2.24) is 4.98 Å². The van der Waals surface area contributed by atoms with E-state index >= 15 is 0 Å². The highest BCUT2D eigenvalue weighted by molar-refractivity contribution is 7.90. The third kappa shape index (κ3) is 3.05. The highest BCUT2D eigenvalue weighted by Crippen LogP contribution is 2.36. The highest BCUT2D eigenvalue weighted by atomic mass is 35.5. The van der Waals surface area contributed by atoms with Crippen LogP contribution in [0.1, 0.15) is 25.3 Å². The number of halogens is 1. The SMILES string of the molecule is CC(C)c1ccc(N2CC(C[S+](C)[O-])C2)c2cnc(Cl)cc12. The van der Waals surface area contributed by atoms with Crippen LogP contribution in [0.3, 0.4) is 0 Å². The van der Waals surface area contributed by atoms with Gasteiger partial charge in [-0.3, -0.25) is 0 Å². The van der Waals surface area contributed by atoms with E-state index in [-0.39, 0.29) is 0 Å². The fraction of sp³-hybridized carbons (Fsp3) is 0.471. The van der Waals surface area contributed by atoms with Crippen molar-refractivity contribution >= 4 is 39.2 Å². The van der Waals surface area contributed by atoms with Crippen LogP contribution in [-0.4, -0.2) is 34.6 Å². The Hall–Kier alpha value is -0.970. The van der Waals surface area contributed by atoms with Gasteiger partial charge in [-0.05, 0) is 29.0 Å². The molecule has 0 aliphatic carbocycles. The fourth-order valence-corrected chi connectivity index (χ4v) is 4.24. The number of hydrogen-bond donors (Lipinski definition) is 0. The van der Waals surface area contributed by atoms with E-state index in [0.29, 0.717) is 17.0 Å². The maximum absolute atomic E-state index is 11.3. The van der Waals surface area contributed by atoms with Crippen molar-refractivity contribution in [2.45, 2.75) is 19.8 Å². The topological polar surface area (TPSA) is 39.2 Å². The molecule has 1 atom stereocenters. The molecule has 0 amide bonds. The van der Waals surface area contributed by atoms with Gasteiger partial charge in [0.25, 0.3) is 0 Å². The number of hydrogen-bond acceptors (Lipinski definition) is 3. The summed E-state index contributed by atoms with van der Waals surface area (Å²) in [4.78, 5) is 6.61. The largest absolute Gasteiger partial charge is 0.617 e. The molecule has 1 aliphatic rings. The van der Waals surface area contributed by atoms with E-state index in [0.717, 1.165) is 24.2 Å². The van der Waals surface area contributed by atoms with Gasteiger partial charge >= 0.3 is 0 Å². The molecule has 2 aromatic rings. The van der Waals surface area contributed by atoms with E-state index in [1.165, 1.54) is 16.6 Å². The molecule has 1 aromatic heterocycles. The monoisotopic (exact) mass is 336 g/mol. The van der Waals surface area contributed by atoms with Crippen molar-refractivity contribution in [1.29, 1.82) is 0 Å². The van der Waals surface area contributed by atoms with Crippen molar-refractivity contribution in [2.75, 3.05) is 30.0 Å². The van der Waals surface area contributed by atoms with E-state index < -0.39 is 11.2 Å². The highest BCUT2D eigenvalue weighted by Gasteiger charge is 2.30. The fourth-order valence-electron chi connectivity index (χ4n) is 3.20. The average molecular weight is 337 g/mol. The molecule has 1 fully saturated rings. The van der Waals surface area contributed by atoms with Crippen molar-refractivity contribution < 1.29 is 4.55 Å². The maximum atomic E-state index is 11.3. The standard InChI is InChI=1S/C17H21ClN2OS/c1-11(2)13-4-5-16(15-7-19-17(18)6-14(13)15)20-8-12(9-20)10-22(3)21/h4-7,11-12H,8-10H2,1-3H3. The lowest BCUT2D eigenvalue weighted by Crippen LogP contribution is -2.49. The Kier molecular flexibility index (Phi) is 4.53. The number of fused-ring (bicyclic) bond motifs is 1. The zero-order valence-electron chi connectivity index (χ0n) is 13.2. The minimum absolute atomic E-state index is 0.446. The molecule has 0 N–H and O–H groups in total. The van der Waals surface area contributed by atoms with E-state index in [1.807, 2.05) is 12.3 Å². The van der Waals surface area contributed by atoms with E-state index in [9.17, 15) is 4.55 Å².